The van der Waals surface area contributed by atoms with Gasteiger partial charge in [-0.1, -0.05) is 48.5 Å². The van der Waals surface area contributed by atoms with Gasteiger partial charge >= 0.3 is 5.97 Å². The van der Waals surface area contributed by atoms with Gasteiger partial charge in [0.2, 0.25) is 0 Å². The SMILES string of the molecule is CC1=C(C(=O)O)CCc2c1cccc2-c1ccccc1. The fourth-order valence-corrected chi connectivity index (χ4v) is 2.96. The zero-order valence-corrected chi connectivity index (χ0v) is 11.4. The molecule has 0 saturated carbocycles. The molecule has 0 fully saturated rings. The molecule has 1 aliphatic rings. The van der Waals surface area contributed by atoms with Crippen LogP contribution in [0.15, 0.2) is 54.1 Å². The lowest BCUT2D eigenvalue weighted by atomic mass is 9.82. The molecule has 0 atom stereocenters. The van der Waals surface area contributed by atoms with E-state index in [2.05, 4.69) is 18.2 Å². The van der Waals surface area contributed by atoms with Gasteiger partial charge in [-0.3, -0.25) is 0 Å². The van der Waals surface area contributed by atoms with E-state index in [1.807, 2.05) is 37.3 Å². The minimum Gasteiger partial charge on any atom is -0.478 e. The summed E-state index contributed by atoms with van der Waals surface area (Å²) in [6.45, 7) is 1.91. The van der Waals surface area contributed by atoms with Gasteiger partial charge in [-0.2, -0.15) is 0 Å². The van der Waals surface area contributed by atoms with Crippen molar-refractivity contribution in [1.29, 1.82) is 0 Å². The smallest absolute Gasteiger partial charge is 0.331 e. The highest BCUT2D eigenvalue weighted by molar-refractivity contribution is 5.98. The van der Waals surface area contributed by atoms with Crippen molar-refractivity contribution in [3.8, 4) is 11.1 Å². The van der Waals surface area contributed by atoms with E-state index < -0.39 is 5.97 Å². The van der Waals surface area contributed by atoms with Crippen molar-refractivity contribution >= 4 is 11.5 Å². The van der Waals surface area contributed by atoms with Crippen LogP contribution in [0.5, 0.6) is 0 Å². The Bertz CT molecular complexity index is 697. The summed E-state index contributed by atoms with van der Waals surface area (Å²) in [5, 5.41) is 9.26. The Kier molecular flexibility index (Phi) is 3.15. The molecule has 100 valence electrons. The molecule has 2 heteroatoms. The van der Waals surface area contributed by atoms with E-state index in [-0.39, 0.29) is 0 Å². The Hall–Kier alpha value is -2.35. The molecule has 0 aromatic heterocycles. The van der Waals surface area contributed by atoms with Crippen molar-refractivity contribution < 1.29 is 9.90 Å². The summed E-state index contributed by atoms with van der Waals surface area (Å²) in [6.07, 6.45) is 1.40. The van der Waals surface area contributed by atoms with Gasteiger partial charge in [-0.15, -0.1) is 0 Å². The van der Waals surface area contributed by atoms with E-state index in [1.165, 1.54) is 16.7 Å². The highest BCUT2D eigenvalue weighted by atomic mass is 16.4. The molecule has 0 radical (unpaired) electrons. The zero-order valence-electron chi connectivity index (χ0n) is 11.4. The summed E-state index contributed by atoms with van der Waals surface area (Å²) < 4.78 is 0. The van der Waals surface area contributed by atoms with Gasteiger partial charge in [0.1, 0.15) is 0 Å². The van der Waals surface area contributed by atoms with Crippen molar-refractivity contribution in [2.24, 2.45) is 0 Å². The number of hydrogen-bond acceptors (Lipinski definition) is 1. The van der Waals surface area contributed by atoms with Gasteiger partial charge in [0.25, 0.3) is 0 Å². The number of aliphatic carboxylic acids is 1. The zero-order chi connectivity index (χ0) is 14.1. The molecule has 1 N–H and O–H groups in total. The maximum Gasteiger partial charge on any atom is 0.331 e. The van der Waals surface area contributed by atoms with Crippen LogP contribution in [0.3, 0.4) is 0 Å². The summed E-state index contributed by atoms with van der Waals surface area (Å²) in [5.41, 5.74) is 6.19. The normalized spacial score (nSPS) is 14.1. The Morgan fingerprint density at radius 1 is 0.950 bits per heavy atom. The monoisotopic (exact) mass is 264 g/mol. The Balaban J connectivity index is 2.18. The predicted molar refractivity (Wildman–Crippen MR) is 80.4 cm³/mol. The number of allylic oxidation sites excluding steroid dienone is 1. The summed E-state index contributed by atoms with van der Waals surface area (Å²) in [7, 11) is 0. The predicted octanol–water partition coefficient (Wildman–Crippen LogP) is 4.16. The van der Waals surface area contributed by atoms with E-state index in [9.17, 15) is 9.90 Å². The molecule has 20 heavy (non-hydrogen) atoms. The lowest BCUT2D eigenvalue weighted by Crippen LogP contribution is -2.11. The van der Waals surface area contributed by atoms with Crippen LogP contribution in [-0.4, -0.2) is 11.1 Å². The second-order valence-electron chi connectivity index (χ2n) is 5.11. The van der Waals surface area contributed by atoms with Crippen molar-refractivity contribution in [3.63, 3.8) is 0 Å². The van der Waals surface area contributed by atoms with Crippen molar-refractivity contribution in [3.05, 3.63) is 65.2 Å². The minimum atomic E-state index is -0.793. The van der Waals surface area contributed by atoms with Crippen molar-refractivity contribution in [1.82, 2.24) is 0 Å². The van der Waals surface area contributed by atoms with Crippen LogP contribution in [0, 0.1) is 0 Å². The average molecular weight is 264 g/mol. The highest BCUT2D eigenvalue weighted by Gasteiger charge is 2.22. The number of rotatable bonds is 2. The quantitative estimate of drug-likeness (QED) is 0.884. The Morgan fingerprint density at radius 3 is 2.35 bits per heavy atom. The van der Waals surface area contributed by atoms with Gasteiger partial charge in [-0.25, -0.2) is 4.79 Å². The van der Waals surface area contributed by atoms with Crippen LogP contribution in [0.1, 0.15) is 24.5 Å². The average Bonchev–Trinajstić information content (AvgIpc) is 2.48. The fraction of sp³-hybridized carbons (Fsp3) is 0.167. The van der Waals surface area contributed by atoms with Crippen LogP contribution < -0.4 is 0 Å². The van der Waals surface area contributed by atoms with Crippen molar-refractivity contribution in [2.45, 2.75) is 19.8 Å². The second kappa shape index (κ2) is 4.97. The molecule has 3 rings (SSSR count). The molecule has 2 nitrogen and oxygen atoms in total. The first kappa shape index (κ1) is 12.7. The maximum absolute atomic E-state index is 11.3. The highest BCUT2D eigenvalue weighted by Crippen LogP contribution is 2.36. The third-order valence-electron chi connectivity index (χ3n) is 4.00. The van der Waals surface area contributed by atoms with Gasteiger partial charge < -0.3 is 5.11 Å². The first-order valence-electron chi connectivity index (χ1n) is 6.79. The number of fused-ring (bicyclic) bond motifs is 1. The topological polar surface area (TPSA) is 37.3 Å². The Labute approximate surface area is 118 Å². The molecule has 0 spiro atoms. The van der Waals surface area contributed by atoms with Gasteiger partial charge in [-0.05, 0) is 47.6 Å². The molecule has 0 unspecified atom stereocenters. The first-order chi connectivity index (χ1) is 9.68. The van der Waals surface area contributed by atoms with Gasteiger partial charge in [0.15, 0.2) is 0 Å². The van der Waals surface area contributed by atoms with Crippen LogP contribution in [0.25, 0.3) is 16.7 Å². The van der Waals surface area contributed by atoms with E-state index in [0.717, 1.165) is 17.6 Å². The van der Waals surface area contributed by atoms with E-state index in [1.54, 1.807) is 0 Å². The maximum atomic E-state index is 11.3. The lowest BCUT2D eigenvalue weighted by molar-refractivity contribution is -0.132. The van der Waals surface area contributed by atoms with Gasteiger partial charge in [0, 0.05) is 5.57 Å². The van der Waals surface area contributed by atoms with Gasteiger partial charge in [0.05, 0.1) is 0 Å². The number of carboxylic acids is 1. The van der Waals surface area contributed by atoms with Crippen LogP contribution in [-0.2, 0) is 11.2 Å². The summed E-state index contributed by atoms with van der Waals surface area (Å²) in [5.74, 6) is -0.793. The molecule has 0 heterocycles. The molecular weight excluding hydrogens is 248 g/mol. The molecule has 1 aliphatic carbocycles. The summed E-state index contributed by atoms with van der Waals surface area (Å²) in [4.78, 5) is 11.3. The third kappa shape index (κ3) is 2.03. The fourth-order valence-electron chi connectivity index (χ4n) is 2.96. The molecule has 0 aliphatic heterocycles. The first-order valence-corrected chi connectivity index (χ1v) is 6.79. The summed E-state index contributed by atoms with van der Waals surface area (Å²) in [6, 6.07) is 16.4. The second-order valence-corrected chi connectivity index (χ2v) is 5.11. The third-order valence-corrected chi connectivity index (χ3v) is 4.00. The standard InChI is InChI=1S/C18H16O2/c1-12-14-8-5-9-16(13-6-3-2-4-7-13)17(14)11-10-15(12)18(19)20/h2-9H,10-11H2,1H3,(H,19,20). The number of hydrogen-bond donors (Lipinski definition) is 1. The van der Waals surface area contributed by atoms with E-state index in [4.69, 9.17) is 0 Å². The molecular formula is C18H16O2. The number of benzene rings is 2. The van der Waals surface area contributed by atoms with Crippen LogP contribution >= 0.6 is 0 Å². The minimum absolute atomic E-state index is 0.544. The van der Waals surface area contributed by atoms with E-state index >= 15 is 0 Å². The molecule has 2 aromatic carbocycles. The largest absolute Gasteiger partial charge is 0.478 e. The van der Waals surface area contributed by atoms with Crippen molar-refractivity contribution in [2.75, 3.05) is 0 Å². The summed E-state index contributed by atoms with van der Waals surface area (Å²) >= 11 is 0. The number of carbonyl (C=O) groups is 1. The molecule has 2 aromatic rings. The lowest BCUT2D eigenvalue weighted by Gasteiger charge is -2.22. The molecule has 0 saturated heterocycles. The Morgan fingerprint density at radius 2 is 1.65 bits per heavy atom. The molecule has 0 amide bonds. The van der Waals surface area contributed by atoms with E-state index in [0.29, 0.717) is 12.0 Å². The van der Waals surface area contributed by atoms with Crippen LogP contribution in [0.4, 0.5) is 0 Å². The van der Waals surface area contributed by atoms with Crippen LogP contribution in [0.2, 0.25) is 0 Å². The number of carboxylic acid groups (broad SMARTS) is 1. The molecule has 0 bridgehead atoms.